The quantitative estimate of drug-likeness (QED) is 0.711. The van der Waals surface area contributed by atoms with Gasteiger partial charge in [0, 0.05) is 31.5 Å². The fourth-order valence-corrected chi connectivity index (χ4v) is 4.77. The highest BCUT2D eigenvalue weighted by Crippen LogP contribution is 2.25. The van der Waals surface area contributed by atoms with E-state index in [4.69, 9.17) is 4.74 Å². The maximum atomic E-state index is 12.7. The largest absolute Gasteiger partial charge is 0.379 e. The Labute approximate surface area is 152 Å². The van der Waals surface area contributed by atoms with Gasteiger partial charge in [0.1, 0.15) is 0 Å². The first-order chi connectivity index (χ1) is 12.0. The molecule has 0 radical (unpaired) electrons. The average Bonchev–Trinajstić information content (AvgIpc) is 3.01. The zero-order valence-corrected chi connectivity index (χ0v) is 16.0. The average molecular weight is 383 g/mol. The number of thioether (sulfide) groups is 1. The molecule has 0 saturated carbocycles. The van der Waals surface area contributed by atoms with Gasteiger partial charge in [0.15, 0.2) is 11.0 Å². The van der Waals surface area contributed by atoms with E-state index in [0.29, 0.717) is 31.2 Å². The molecule has 1 aliphatic heterocycles. The zero-order valence-electron chi connectivity index (χ0n) is 14.4. The molecule has 2 aromatic rings. The molecule has 2 heterocycles. The van der Waals surface area contributed by atoms with Gasteiger partial charge >= 0.3 is 0 Å². The molecule has 7 nitrogen and oxygen atoms in total. The van der Waals surface area contributed by atoms with E-state index < -0.39 is 10.0 Å². The summed E-state index contributed by atoms with van der Waals surface area (Å²) in [4.78, 5) is 0.292. The fraction of sp³-hybridized carbons (Fsp3) is 0.500. The van der Waals surface area contributed by atoms with E-state index in [1.807, 2.05) is 11.6 Å². The highest BCUT2D eigenvalue weighted by atomic mass is 32.2. The third-order valence-corrected chi connectivity index (χ3v) is 7.13. The summed E-state index contributed by atoms with van der Waals surface area (Å²) in [5.41, 5.74) is 0.847. The van der Waals surface area contributed by atoms with Crippen molar-refractivity contribution in [2.45, 2.75) is 23.4 Å². The molecule has 1 aliphatic rings. The van der Waals surface area contributed by atoms with Gasteiger partial charge in [0.2, 0.25) is 10.0 Å². The van der Waals surface area contributed by atoms with Crippen molar-refractivity contribution in [2.24, 2.45) is 7.05 Å². The Morgan fingerprint density at radius 3 is 2.48 bits per heavy atom. The Hall–Kier alpha value is -1.42. The van der Waals surface area contributed by atoms with Crippen LogP contribution in [-0.4, -0.2) is 59.5 Å². The molecule has 3 rings (SSSR count). The van der Waals surface area contributed by atoms with Crippen LogP contribution in [0.1, 0.15) is 13.3 Å². The second-order valence-electron chi connectivity index (χ2n) is 5.75. The molecule has 25 heavy (non-hydrogen) atoms. The Morgan fingerprint density at radius 2 is 1.84 bits per heavy atom. The minimum atomic E-state index is -3.47. The SMILES string of the molecule is CCCSc1nnc(-c2ccc(S(=O)(=O)N3CCOCC3)cc2)n1C. The van der Waals surface area contributed by atoms with E-state index in [2.05, 4.69) is 17.1 Å². The summed E-state index contributed by atoms with van der Waals surface area (Å²) in [7, 11) is -1.55. The van der Waals surface area contributed by atoms with E-state index in [-0.39, 0.29) is 0 Å². The van der Waals surface area contributed by atoms with Gasteiger partial charge in [-0.25, -0.2) is 8.42 Å². The van der Waals surface area contributed by atoms with Crippen molar-refractivity contribution in [3.63, 3.8) is 0 Å². The number of nitrogens with zero attached hydrogens (tertiary/aromatic N) is 4. The molecule has 1 aromatic carbocycles. The molecule has 0 amide bonds. The summed E-state index contributed by atoms with van der Waals surface area (Å²) >= 11 is 1.66. The third-order valence-electron chi connectivity index (χ3n) is 3.99. The van der Waals surface area contributed by atoms with Crippen molar-refractivity contribution >= 4 is 21.8 Å². The van der Waals surface area contributed by atoms with Crippen LogP contribution < -0.4 is 0 Å². The van der Waals surface area contributed by atoms with E-state index in [1.54, 1.807) is 36.0 Å². The van der Waals surface area contributed by atoms with Crippen LogP contribution in [0.3, 0.4) is 0 Å². The molecule has 0 bridgehead atoms. The minimum absolute atomic E-state index is 0.292. The van der Waals surface area contributed by atoms with Gasteiger partial charge in [-0.3, -0.25) is 0 Å². The van der Waals surface area contributed by atoms with E-state index in [1.165, 1.54) is 4.31 Å². The van der Waals surface area contributed by atoms with Crippen LogP contribution in [0.15, 0.2) is 34.3 Å². The van der Waals surface area contributed by atoms with Gasteiger partial charge in [-0.05, 0) is 30.7 Å². The van der Waals surface area contributed by atoms with Crippen molar-refractivity contribution in [2.75, 3.05) is 32.1 Å². The van der Waals surface area contributed by atoms with Crippen molar-refractivity contribution in [1.29, 1.82) is 0 Å². The van der Waals surface area contributed by atoms with Crippen molar-refractivity contribution in [3.8, 4) is 11.4 Å². The molecular formula is C16H22N4O3S2. The second-order valence-corrected chi connectivity index (χ2v) is 8.75. The van der Waals surface area contributed by atoms with Crippen molar-refractivity contribution < 1.29 is 13.2 Å². The van der Waals surface area contributed by atoms with E-state index in [9.17, 15) is 8.42 Å². The van der Waals surface area contributed by atoms with Gasteiger partial charge in [0.25, 0.3) is 0 Å². The number of sulfonamides is 1. The lowest BCUT2D eigenvalue weighted by atomic mass is 10.2. The maximum absolute atomic E-state index is 12.7. The maximum Gasteiger partial charge on any atom is 0.243 e. The van der Waals surface area contributed by atoms with Crippen LogP contribution in [0.25, 0.3) is 11.4 Å². The summed E-state index contributed by atoms with van der Waals surface area (Å²) in [5.74, 6) is 1.72. The second kappa shape index (κ2) is 7.86. The molecule has 0 atom stereocenters. The van der Waals surface area contributed by atoms with Gasteiger partial charge in [-0.2, -0.15) is 4.31 Å². The standard InChI is InChI=1S/C16H22N4O3S2/c1-3-12-24-16-18-17-15(19(16)2)13-4-6-14(7-5-13)25(21,22)20-8-10-23-11-9-20/h4-7H,3,8-12H2,1-2H3. The molecule has 0 unspecified atom stereocenters. The molecule has 0 N–H and O–H groups in total. The lowest BCUT2D eigenvalue weighted by Crippen LogP contribution is -2.40. The molecule has 1 fully saturated rings. The van der Waals surface area contributed by atoms with Gasteiger partial charge in [-0.1, -0.05) is 18.7 Å². The predicted molar refractivity (Wildman–Crippen MR) is 97.0 cm³/mol. The lowest BCUT2D eigenvalue weighted by molar-refractivity contribution is 0.0730. The summed E-state index contributed by atoms with van der Waals surface area (Å²) in [6, 6.07) is 6.83. The highest BCUT2D eigenvalue weighted by Gasteiger charge is 2.26. The normalized spacial score (nSPS) is 16.2. The van der Waals surface area contributed by atoms with E-state index >= 15 is 0 Å². The summed E-state index contributed by atoms with van der Waals surface area (Å²) in [6.45, 7) is 3.79. The molecular weight excluding hydrogens is 360 g/mol. The van der Waals surface area contributed by atoms with Gasteiger partial charge in [-0.15, -0.1) is 10.2 Å². The molecule has 9 heteroatoms. The first-order valence-electron chi connectivity index (χ1n) is 8.24. The smallest absolute Gasteiger partial charge is 0.243 e. The lowest BCUT2D eigenvalue weighted by Gasteiger charge is -2.26. The molecule has 1 saturated heterocycles. The summed E-state index contributed by atoms with van der Waals surface area (Å²) in [5, 5.41) is 9.31. The first-order valence-corrected chi connectivity index (χ1v) is 10.7. The Bertz CT molecular complexity index is 812. The van der Waals surface area contributed by atoms with Crippen LogP contribution in [0, 0.1) is 0 Å². The number of morpholine rings is 1. The topological polar surface area (TPSA) is 77.3 Å². The summed E-state index contributed by atoms with van der Waals surface area (Å²) < 4.78 is 33.9. The van der Waals surface area contributed by atoms with Crippen molar-refractivity contribution in [1.82, 2.24) is 19.1 Å². The van der Waals surface area contributed by atoms with Gasteiger partial charge < -0.3 is 9.30 Å². The molecule has 1 aromatic heterocycles. The van der Waals surface area contributed by atoms with Crippen LogP contribution >= 0.6 is 11.8 Å². The number of benzene rings is 1. The number of hydrogen-bond donors (Lipinski definition) is 0. The van der Waals surface area contributed by atoms with Crippen LogP contribution in [0.5, 0.6) is 0 Å². The van der Waals surface area contributed by atoms with Crippen molar-refractivity contribution in [3.05, 3.63) is 24.3 Å². The number of rotatable bonds is 6. The highest BCUT2D eigenvalue weighted by molar-refractivity contribution is 7.99. The predicted octanol–water partition coefficient (Wildman–Crippen LogP) is 2.01. The monoisotopic (exact) mass is 382 g/mol. The molecule has 0 aliphatic carbocycles. The van der Waals surface area contributed by atoms with Crippen LogP contribution in [0.2, 0.25) is 0 Å². The van der Waals surface area contributed by atoms with E-state index in [0.717, 1.165) is 28.7 Å². The van der Waals surface area contributed by atoms with Crippen LogP contribution in [0.4, 0.5) is 0 Å². The summed E-state index contributed by atoms with van der Waals surface area (Å²) in [6.07, 6.45) is 1.07. The molecule has 136 valence electrons. The van der Waals surface area contributed by atoms with Crippen LogP contribution in [-0.2, 0) is 21.8 Å². The number of ether oxygens (including phenoxy) is 1. The Morgan fingerprint density at radius 1 is 1.16 bits per heavy atom. The minimum Gasteiger partial charge on any atom is -0.379 e. The fourth-order valence-electron chi connectivity index (χ4n) is 2.60. The first kappa shape index (κ1) is 18.4. The Kier molecular flexibility index (Phi) is 5.78. The zero-order chi connectivity index (χ0) is 17.9. The number of aromatic nitrogens is 3. The number of hydrogen-bond acceptors (Lipinski definition) is 6. The molecule has 0 spiro atoms. The third kappa shape index (κ3) is 3.89. The van der Waals surface area contributed by atoms with Gasteiger partial charge in [0.05, 0.1) is 18.1 Å². The Balaban J connectivity index is 1.82.